The first kappa shape index (κ1) is 12.7. The number of halogens is 2. The number of likely N-dealkylation sites (tertiary alicyclic amines) is 1. The first-order valence-electron chi connectivity index (χ1n) is 6.30. The van der Waals surface area contributed by atoms with E-state index in [9.17, 15) is 9.18 Å². The summed E-state index contributed by atoms with van der Waals surface area (Å²) in [5, 5.41) is 0. The summed E-state index contributed by atoms with van der Waals surface area (Å²) in [6.45, 7) is 3.15. The second-order valence-electron chi connectivity index (χ2n) is 4.74. The van der Waals surface area contributed by atoms with Crippen LogP contribution >= 0.6 is 15.9 Å². The summed E-state index contributed by atoms with van der Waals surface area (Å²) in [6.07, 6.45) is 1.09. The zero-order valence-corrected chi connectivity index (χ0v) is 12.0. The normalized spacial score (nSPS) is 17.6. The number of carbonyl (C=O) groups is 1. The van der Waals surface area contributed by atoms with Crippen LogP contribution in [0.5, 0.6) is 5.75 Å². The highest BCUT2D eigenvalue weighted by Gasteiger charge is 2.26. The smallest absolute Gasteiger partial charge is 0.242 e. The molecule has 4 nitrogen and oxygen atoms in total. The minimum atomic E-state index is -0.352. The number of ether oxygens (including phenoxy) is 1. The molecule has 1 amide bonds. The summed E-state index contributed by atoms with van der Waals surface area (Å²) in [5.74, 6) is 0.276. The summed E-state index contributed by atoms with van der Waals surface area (Å²) >= 11 is 3.17. The molecule has 102 valence electrons. The molecule has 0 N–H and O–H groups in total. The van der Waals surface area contributed by atoms with E-state index in [0.717, 1.165) is 25.2 Å². The molecule has 2 heterocycles. The monoisotopic (exact) mass is 328 g/mol. The van der Waals surface area contributed by atoms with Crippen LogP contribution in [0.3, 0.4) is 0 Å². The Balaban J connectivity index is 1.81. The van der Waals surface area contributed by atoms with Gasteiger partial charge in [0.25, 0.3) is 0 Å². The zero-order valence-electron chi connectivity index (χ0n) is 10.4. The van der Waals surface area contributed by atoms with Gasteiger partial charge in [0.15, 0.2) is 0 Å². The van der Waals surface area contributed by atoms with Crippen LogP contribution in [0, 0.1) is 5.82 Å². The summed E-state index contributed by atoms with van der Waals surface area (Å²) < 4.78 is 19.3. The lowest BCUT2D eigenvalue weighted by atomic mass is 10.2. The van der Waals surface area contributed by atoms with E-state index in [1.807, 2.05) is 9.80 Å². The molecular formula is C13H14BrFN2O2. The standard InChI is InChI=1S/C13H14BrFN2O2/c14-9-6-11-12(7-10(9)15)19-5-4-17(11)8-13(18)16-2-1-3-16/h6-7H,1-5,8H2. The van der Waals surface area contributed by atoms with Gasteiger partial charge in [-0.1, -0.05) is 0 Å². The molecule has 0 spiro atoms. The Morgan fingerprint density at radius 2 is 2.16 bits per heavy atom. The molecule has 0 saturated carbocycles. The number of fused-ring (bicyclic) bond motifs is 1. The Bertz CT molecular complexity index is 520. The molecule has 0 unspecified atom stereocenters. The Labute approximate surface area is 119 Å². The lowest BCUT2D eigenvalue weighted by molar-refractivity contribution is -0.133. The molecule has 1 fully saturated rings. The number of rotatable bonds is 2. The SMILES string of the molecule is O=C(CN1CCOc2cc(F)c(Br)cc21)N1CCC1. The Morgan fingerprint density at radius 3 is 2.84 bits per heavy atom. The molecule has 6 heteroatoms. The van der Waals surface area contributed by atoms with Crippen molar-refractivity contribution in [1.29, 1.82) is 0 Å². The number of benzene rings is 1. The molecule has 2 aliphatic heterocycles. The average molecular weight is 329 g/mol. The van der Waals surface area contributed by atoms with Gasteiger partial charge in [-0.3, -0.25) is 4.79 Å². The molecule has 19 heavy (non-hydrogen) atoms. The van der Waals surface area contributed by atoms with Crippen molar-refractivity contribution in [2.75, 3.05) is 37.7 Å². The summed E-state index contributed by atoms with van der Waals surface area (Å²) in [7, 11) is 0. The Morgan fingerprint density at radius 1 is 1.37 bits per heavy atom. The van der Waals surface area contributed by atoms with Gasteiger partial charge in [0.2, 0.25) is 5.91 Å². The van der Waals surface area contributed by atoms with Crippen LogP contribution in [0.15, 0.2) is 16.6 Å². The third kappa shape index (κ3) is 2.41. The highest BCUT2D eigenvalue weighted by molar-refractivity contribution is 9.10. The molecule has 2 aliphatic rings. The van der Waals surface area contributed by atoms with Crippen molar-refractivity contribution in [2.24, 2.45) is 0 Å². The van der Waals surface area contributed by atoms with Crippen molar-refractivity contribution < 1.29 is 13.9 Å². The summed E-state index contributed by atoms with van der Waals surface area (Å²) in [5.41, 5.74) is 0.772. The topological polar surface area (TPSA) is 32.8 Å². The first-order valence-corrected chi connectivity index (χ1v) is 7.09. The number of hydrogen-bond acceptors (Lipinski definition) is 3. The third-order valence-electron chi connectivity index (χ3n) is 3.50. The molecule has 3 rings (SSSR count). The van der Waals surface area contributed by atoms with Gasteiger partial charge >= 0.3 is 0 Å². The molecule has 0 atom stereocenters. The molecule has 0 bridgehead atoms. The molecule has 0 aliphatic carbocycles. The van der Waals surface area contributed by atoms with Crippen molar-refractivity contribution in [3.05, 3.63) is 22.4 Å². The summed E-state index contributed by atoms with van der Waals surface area (Å²) in [4.78, 5) is 15.8. The Hall–Kier alpha value is -1.30. The largest absolute Gasteiger partial charge is 0.489 e. The number of anilines is 1. The zero-order chi connectivity index (χ0) is 13.4. The number of carbonyl (C=O) groups excluding carboxylic acids is 1. The minimum absolute atomic E-state index is 0.125. The predicted octanol–water partition coefficient (Wildman–Crippen LogP) is 2.02. The maximum Gasteiger partial charge on any atom is 0.242 e. The summed E-state index contributed by atoms with van der Waals surface area (Å²) in [6, 6.07) is 3.03. The molecule has 0 radical (unpaired) electrons. The van der Waals surface area contributed by atoms with E-state index in [0.29, 0.717) is 29.9 Å². The van der Waals surface area contributed by atoms with E-state index in [1.54, 1.807) is 6.07 Å². The van der Waals surface area contributed by atoms with E-state index in [2.05, 4.69) is 15.9 Å². The highest BCUT2D eigenvalue weighted by atomic mass is 79.9. The molecule has 1 aromatic carbocycles. The van der Waals surface area contributed by atoms with E-state index < -0.39 is 0 Å². The average Bonchev–Trinajstić information content (AvgIpc) is 2.29. The number of nitrogens with zero attached hydrogens (tertiary/aromatic N) is 2. The van der Waals surface area contributed by atoms with Gasteiger partial charge in [-0.05, 0) is 28.4 Å². The van der Waals surface area contributed by atoms with Crippen LogP contribution in [0.4, 0.5) is 10.1 Å². The molecule has 0 aromatic heterocycles. The van der Waals surface area contributed by atoms with E-state index in [-0.39, 0.29) is 11.7 Å². The first-order chi connectivity index (χ1) is 9.15. The van der Waals surface area contributed by atoms with Crippen molar-refractivity contribution in [1.82, 2.24) is 4.90 Å². The van der Waals surface area contributed by atoms with Crippen molar-refractivity contribution >= 4 is 27.5 Å². The quantitative estimate of drug-likeness (QED) is 0.832. The second kappa shape index (κ2) is 5.00. The lowest BCUT2D eigenvalue weighted by Gasteiger charge is -2.36. The van der Waals surface area contributed by atoms with Gasteiger partial charge in [-0.2, -0.15) is 0 Å². The van der Waals surface area contributed by atoms with Gasteiger partial charge < -0.3 is 14.5 Å². The van der Waals surface area contributed by atoms with E-state index >= 15 is 0 Å². The second-order valence-corrected chi connectivity index (χ2v) is 5.59. The van der Waals surface area contributed by atoms with E-state index in [4.69, 9.17) is 4.74 Å². The van der Waals surface area contributed by atoms with Crippen molar-refractivity contribution in [3.63, 3.8) is 0 Å². The van der Waals surface area contributed by atoms with Crippen molar-refractivity contribution in [2.45, 2.75) is 6.42 Å². The van der Waals surface area contributed by atoms with Crippen LogP contribution < -0.4 is 9.64 Å². The maximum absolute atomic E-state index is 13.5. The van der Waals surface area contributed by atoms with Crippen LogP contribution in [-0.4, -0.2) is 43.6 Å². The van der Waals surface area contributed by atoms with Gasteiger partial charge in [0.05, 0.1) is 23.2 Å². The van der Waals surface area contributed by atoms with Gasteiger partial charge in [0, 0.05) is 19.2 Å². The van der Waals surface area contributed by atoms with E-state index in [1.165, 1.54) is 6.07 Å². The predicted molar refractivity (Wildman–Crippen MR) is 73.0 cm³/mol. The van der Waals surface area contributed by atoms with Crippen LogP contribution in [0.2, 0.25) is 0 Å². The fourth-order valence-electron chi connectivity index (χ4n) is 2.26. The lowest BCUT2D eigenvalue weighted by Crippen LogP contribution is -2.48. The highest BCUT2D eigenvalue weighted by Crippen LogP contribution is 2.35. The van der Waals surface area contributed by atoms with Crippen LogP contribution in [0.1, 0.15) is 6.42 Å². The third-order valence-corrected chi connectivity index (χ3v) is 4.10. The molecule has 1 aromatic rings. The number of hydrogen-bond donors (Lipinski definition) is 0. The molecular weight excluding hydrogens is 315 g/mol. The van der Waals surface area contributed by atoms with Gasteiger partial charge in [-0.25, -0.2) is 4.39 Å². The van der Waals surface area contributed by atoms with Crippen LogP contribution in [-0.2, 0) is 4.79 Å². The van der Waals surface area contributed by atoms with Crippen molar-refractivity contribution in [3.8, 4) is 5.75 Å². The van der Waals surface area contributed by atoms with Gasteiger partial charge in [0.1, 0.15) is 18.2 Å². The van der Waals surface area contributed by atoms with Crippen LogP contribution in [0.25, 0.3) is 0 Å². The molecule has 1 saturated heterocycles. The number of amides is 1. The fraction of sp³-hybridized carbons (Fsp3) is 0.462. The fourth-order valence-corrected chi connectivity index (χ4v) is 2.59. The minimum Gasteiger partial charge on any atom is -0.489 e. The van der Waals surface area contributed by atoms with Gasteiger partial charge in [-0.15, -0.1) is 0 Å². The Kier molecular flexibility index (Phi) is 3.35. The maximum atomic E-state index is 13.5.